The average Bonchev–Trinajstić information content (AvgIpc) is 2.94. The lowest BCUT2D eigenvalue weighted by Gasteiger charge is -2.45. The topological polar surface area (TPSA) is 176 Å². The third-order valence-electron chi connectivity index (χ3n) is 6.72. The van der Waals surface area contributed by atoms with Crippen molar-refractivity contribution >= 4 is 41.9 Å². The standard InChI is InChI=1S/C31H38O14/c1-17(32)38-16-26-28(41-20(4)35)29(42-21(5)36)30(31(44-26)43-25-9-7-6-8-24(25)40-19(3)34)45-27(37)15-12-22-10-13-23(14-11-22)39-18(2)33/h10-15,24-26,28-31H,6-9,16H2,1-5H3/b15-12+/t24?,25?,26-,28-,29+,30-,31-/m1/s1. The van der Waals surface area contributed by atoms with Crippen LogP contribution >= 0.6 is 0 Å². The van der Waals surface area contributed by atoms with E-state index in [-0.39, 0.29) is 0 Å². The zero-order valence-corrected chi connectivity index (χ0v) is 25.8. The Morgan fingerprint density at radius 2 is 1.31 bits per heavy atom. The summed E-state index contributed by atoms with van der Waals surface area (Å²) in [6.07, 6.45) is -3.15. The summed E-state index contributed by atoms with van der Waals surface area (Å²) in [5.74, 6) is -3.76. The number of ether oxygens (including phenoxy) is 8. The quantitative estimate of drug-likeness (QED) is 0.150. The van der Waals surface area contributed by atoms with Gasteiger partial charge in [-0.25, -0.2) is 4.79 Å². The summed E-state index contributed by atoms with van der Waals surface area (Å²) < 4.78 is 44.6. The second kappa shape index (κ2) is 16.7. The Labute approximate surface area is 260 Å². The van der Waals surface area contributed by atoms with Gasteiger partial charge in [0, 0.05) is 40.7 Å². The van der Waals surface area contributed by atoms with E-state index in [0.29, 0.717) is 24.2 Å². The van der Waals surface area contributed by atoms with Gasteiger partial charge in [0.05, 0.1) is 6.10 Å². The van der Waals surface area contributed by atoms with Gasteiger partial charge < -0.3 is 37.9 Å². The zero-order valence-electron chi connectivity index (χ0n) is 25.8. The molecule has 1 heterocycles. The van der Waals surface area contributed by atoms with Crippen molar-refractivity contribution in [3.05, 3.63) is 35.9 Å². The summed E-state index contributed by atoms with van der Waals surface area (Å²) in [4.78, 5) is 72.0. The molecule has 0 bridgehead atoms. The highest BCUT2D eigenvalue weighted by atomic mass is 16.7. The van der Waals surface area contributed by atoms with E-state index in [1.165, 1.54) is 26.8 Å². The van der Waals surface area contributed by atoms with Crippen LogP contribution in [-0.2, 0) is 61.9 Å². The van der Waals surface area contributed by atoms with E-state index in [1.54, 1.807) is 24.3 Å². The minimum atomic E-state index is -1.48. The number of benzene rings is 1. The van der Waals surface area contributed by atoms with Crippen molar-refractivity contribution in [1.82, 2.24) is 0 Å². The molecule has 2 unspecified atom stereocenters. The zero-order chi connectivity index (χ0) is 33.1. The molecule has 0 radical (unpaired) electrons. The summed E-state index contributed by atoms with van der Waals surface area (Å²) in [5, 5.41) is 0. The van der Waals surface area contributed by atoms with E-state index in [9.17, 15) is 28.8 Å². The van der Waals surface area contributed by atoms with Crippen LogP contribution in [0.3, 0.4) is 0 Å². The summed E-state index contributed by atoms with van der Waals surface area (Å²) in [6, 6.07) is 6.29. The van der Waals surface area contributed by atoms with Crippen molar-refractivity contribution < 1.29 is 66.7 Å². The van der Waals surface area contributed by atoms with Crippen LogP contribution in [0.1, 0.15) is 65.9 Å². The number of hydrogen-bond donors (Lipinski definition) is 0. The van der Waals surface area contributed by atoms with Crippen LogP contribution in [0.2, 0.25) is 0 Å². The first-order valence-electron chi connectivity index (χ1n) is 14.5. The molecule has 0 amide bonds. The van der Waals surface area contributed by atoms with E-state index < -0.39 is 85.3 Å². The van der Waals surface area contributed by atoms with Crippen molar-refractivity contribution in [2.45, 2.75) is 103 Å². The molecule has 2 aliphatic rings. The van der Waals surface area contributed by atoms with E-state index in [4.69, 9.17) is 37.9 Å². The Bertz CT molecular complexity index is 1260. The second-order valence-electron chi connectivity index (χ2n) is 10.5. The minimum Gasteiger partial charge on any atom is -0.463 e. The number of rotatable bonds is 11. The highest BCUT2D eigenvalue weighted by molar-refractivity contribution is 5.87. The van der Waals surface area contributed by atoms with Gasteiger partial charge in [0.1, 0.15) is 24.6 Å². The van der Waals surface area contributed by atoms with Crippen LogP contribution in [0.15, 0.2) is 30.3 Å². The van der Waals surface area contributed by atoms with Crippen LogP contribution in [-0.4, -0.2) is 85.3 Å². The highest BCUT2D eigenvalue weighted by Gasteiger charge is 2.54. The van der Waals surface area contributed by atoms with Gasteiger partial charge in [0.15, 0.2) is 24.6 Å². The highest BCUT2D eigenvalue weighted by Crippen LogP contribution is 2.33. The van der Waals surface area contributed by atoms with E-state index in [0.717, 1.165) is 32.8 Å². The van der Waals surface area contributed by atoms with E-state index in [1.807, 2.05) is 0 Å². The van der Waals surface area contributed by atoms with E-state index in [2.05, 4.69) is 0 Å². The van der Waals surface area contributed by atoms with Gasteiger partial charge in [-0.2, -0.15) is 0 Å². The third kappa shape index (κ3) is 11.3. The predicted molar refractivity (Wildman–Crippen MR) is 152 cm³/mol. The lowest BCUT2D eigenvalue weighted by Crippen LogP contribution is -2.63. The van der Waals surface area contributed by atoms with Crippen molar-refractivity contribution in [2.75, 3.05) is 6.61 Å². The Morgan fingerprint density at radius 3 is 1.89 bits per heavy atom. The van der Waals surface area contributed by atoms with Gasteiger partial charge in [-0.15, -0.1) is 0 Å². The molecule has 1 aliphatic heterocycles. The molecule has 1 saturated heterocycles. The SMILES string of the molecule is CC(=O)OC[C@H]1O[C@@H](OC2CCCCC2OC(C)=O)[C@H](OC(=O)/C=C/c2ccc(OC(C)=O)cc2)[C@@H](OC(C)=O)[C@@H]1OC(C)=O. The molecule has 3 rings (SSSR count). The fourth-order valence-corrected chi connectivity index (χ4v) is 5.00. The molecule has 14 nitrogen and oxygen atoms in total. The summed E-state index contributed by atoms with van der Waals surface area (Å²) >= 11 is 0. The average molecular weight is 635 g/mol. The molecular weight excluding hydrogens is 596 g/mol. The van der Waals surface area contributed by atoms with Crippen LogP contribution in [0.5, 0.6) is 5.75 Å². The molecule has 0 spiro atoms. The van der Waals surface area contributed by atoms with Gasteiger partial charge in [-0.1, -0.05) is 18.6 Å². The Morgan fingerprint density at radius 1 is 0.711 bits per heavy atom. The largest absolute Gasteiger partial charge is 0.463 e. The fourth-order valence-electron chi connectivity index (χ4n) is 5.00. The number of carbonyl (C=O) groups is 6. The molecule has 7 atom stereocenters. The minimum absolute atomic E-state index is 0.320. The molecule has 1 saturated carbocycles. The maximum Gasteiger partial charge on any atom is 0.331 e. The molecule has 2 fully saturated rings. The van der Waals surface area contributed by atoms with Crippen molar-refractivity contribution in [3.8, 4) is 5.75 Å². The van der Waals surface area contributed by atoms with Gasteiger partial charge in [-0.05, 0) is 43.0 Å². The molecular formula is C31H38O14. The lowest BCUT2D eigenvalue weighted by molar-refractivity contribution is -0.323. The van der Waals surface area contributed by atoms with Crippen molar-refractivity contribution in [2.24, 2.45) is 0 Å². The molecule has 14 heteroatoms. The Kier molecular flexibility index (Phi) is 13.0. The van der Waals surface area contributed by atoms with Gasteiger partial charge in [0.2, 0.25) is 0 Å². The lowest BCUT2D eigenvalue weighted by atomic mass is 9.93. The normalized spacial score (nSPS) is 26.3. The van der Waals surface area contributed by atoms with Crippen molar-refractivity contribution in [3.63, 3.8) is 0 Å². The number of carbonyl (C=O) groups excluding carboxylic acids is 6. The third-order valence-corrected chi connectivity index (χ3v) is 6.72. The van der Waals surface area contributed by atoms with Crippen LogP contribution < -0.4 is 4.74 Å². The van der Waals surface area contributed by atoms with Crippen LogP contribution in [0.4, 0.5) is 0 Å². The summed E-state index contributed by atoms with van der Waals surface area (Å²) in [6.45, 7) is 5.56. The Hall–Kier alpha value is -4.30. The molecule has 1 aromatic carbocycles. The molecule has 1 aromatic rings. The molecule has 1 aliphatic carbocycles. The maximum absolute atomic E-state index is 13.1. The molecule has 0 N–H and O–H groups in total. The van der Waals surface area contributed by atoms with Gasteiger partial charge >= 0.3 is 35.8 Å². The maximum atomic E-state index is 13.1. The second-order valence-corrected chi connectivity index (χ2v) is 10.5. The van der Waals surface area contributed by atoms with E-state index >= 15 is 0 Å². The Balaban J connectivity index is 1.94. The van der Waals surface area contributed by atoms with Crippen molar-refractivity contribution in [1.29, 1.82) is 0 Å². The number of esters is 6. The van der Waals surface area contributed by atoms with Crippen LogP contribution in [0, 0.1) is 0 Å². The fraction of sp³-hybridized carbons (Fsp3) is 0.548. The van der Waals surface area contributed by atoms with Crippen LogP contribution in [0.25, 0.3) is 6.08 Å². The van der Waals surface area contributed by atoms with Gasteiger partial charge in [-0.3, -0.25) is 24.0 Å². The monoisotopic (exact) mass is 634 g/mol. The summed E-state index contributed by atoms with van der Waals surface area (Å²) in [7, 11) is 0. The number of hydrogen-bond acceptors (Lipinski definition) is 14. The molecule has 45 heavy (non-hydrogen) atoms. The molecule has 0 aromatic heterocycles. The first-order chi connectivity index (χ1) is 21.3. The first kappa shape index (κ1) is 35.2. The van der Waals surface area contributed by atoms with Gasteiger partial charge in [0.25, 0.3) is 0 Å². The molecule has 246 valence electrons. The summed E-state index contributed by atoms with van der Waals surface area (Å²) in [5.41, 5.74) is 0.567. The first-order valence-corrected chi connectivity index (χ1v) is 14.5. The predicted octanol–water partition coefficient (Wildman–Crippen LogP) is 2.58. The smallest absolute Gasteiger partial charge is 0.331 e.